The summed E-state index contributed by atoms with van der Waals surface area (Å²) in [5, 5.41) is 0. The van der Waals surface area contributed by atoms with E-state index in [9.17, 15) is 4.79 Å². The van der Waals surface area contributed by atoms with E-state index in [4.69, 9.17) is 9.47 Å². The molecule has 0 amide bonds. The van der Waals surface area contributed by atoms with Gasteiger partial charge in [0.15, 0.2) is 5.78 Å². The molecule has 2 aromatic carbocycles. The Balaban J connectivity index is 1.72. The molecule has 2 aromatic rings. The van der Waals surface area contributed by atoms with E-state index in [0.29, 0.717) is 5.92 Å². The van der Waals surface area contributed by atoms with Crippen LogP contribution >= 0.6 is 0 Å². The molecule has 2 atom stereocenters. The van der Waals surface area contributed by atoms with E-state index < -0.39 is 0 Å². The van der Waals surface area contributed by atoms with E-state index in [1.165, 1.54) is 5.56 Å². The highest BCUT2D eigenvalue weighted by molar-refractivity contribution is 6.00. The van der Waals surface area contributed by atoms with Crippen LogP contribution in [0.3, 0.4) is 0 Å². The maximum atomic E-state index is 12.5. The van der Waals surface area contributed by atoms with E-state index in [2.05, 4.69) is 0 Å². The maximum absolute atomic E-state index is 12.5. The van der Waals surface area contributed by atoms with Gasteiger partial charge in [-0.25, -0.2) is 0 Å². The Labute approximate surface area is 124 Å². The van der Waals surface area contributed by atoms with E-state index in [1.54, 1.807) is 14.2 Å². The van der Waals surface area contributed by atoms with Crippen molar-refractivity contribution in [2.24, 2.45) is 5.92 Å². The fourth-order valence-corrected chi connectivity index (χ4v) is 2.69. The van der Waals surface area contributed by atoms with Crippen LogP contribution in [-0.2, 0) is 0 Å². The second kappa shape index (κ2) is 5.60. The summed E-state index contributed by atoms with van der Waals surface area (Å²) < 4.78 is 10.3. The highest BCUT2D eigenvalue weighted by Crippen LogP contribution is 2.49. The topological polar surface area (TPSA) is 35.5 Å². The standard InChI is InChI=1S/C18H18O3/c1-20-14-8-6-12(7-9-14)16-11-17(16)18(19)13-4-3-5-15(10-13)21-2/h3-10,16-17H,11H2,1-2H3. The summed E-state index contributed by atoms with van der Waals surface area (Å²) >= 11 is 0. The van der Waals surface area contributed by atoms with Gasteiger partial charge in [0.1, 0.15) is 11.5 Å². The van der Waals surface area contributed by atoms with Gasteiger partial charge in [-0.3, -0.25) is 4.79 Å². The summed E-state index contributed by atoms with van der Waals surface area (Å²) in [4.78, 5) is 12.5. The van der Waals surface area contributed by atoms with Gasteiger partial charge in [0.05, 0.1) is 14.2 Å². The lowest BCUT2D eigenvalue weighted by Crippen LogP contribution is -2.03. The molecule has 3 nitrogen and oxygen atoms in total. The molecular weight excluding hydrogens is 264 g/mol. The smallest absolute Gasteiger partial charge is 0.166 e. The maximum Gasteiger partial charge on any atom is 0.166 e. The number of Topliss-reactive ketones (excluding diaryl/α,β-unsaturated/α-hetero) is 1. The van der Waals surface area contributed by atoms with Crippen LogP contribution in [0.2, 0.25) is 0 Å². The first-order valence-corrected chi connectivity index (χ1v) is 7.05. The Morgan fingerprint density at radius 2 is 1.71 bits per heavy atom. The van der Waals surface area contributed by atoms with Gasteiger partial charge in [-0.05, 0) is 42.2 Å². The second-order valence-corrected chi connectivity index (χ2v) is 5.32. The number of hydrogen-bond acceptors (Lipinski definition) is 3. The Hall–Kier alpha value is -2.29. The fourth-order valence-electron chi connectivity index (χ4n) is 2.69. The summed E-state index contributed by atoms with van der Waals surface area (Å²) in [6, 6.07) is 15.4. The Morgan fingerprint density at radius 1 is 1.00 bits per heavy atom. The third-order valence-electron chi connectivity index (χ3n) is 4.03. The van der Waals surface area contributed by atoms with Gasteiger partial charge in [-0.2, -0.15) is 0 Å². The molecule has 0 N–H and O–H groups in total. The van der Waals surface area contributed by atoms with Crippen LogP contribution in [-0.4, -0.2) is 20.0 Å². The van der Waals surface area contributed by atoms with Gasteiger partial charge in [0.2, 0.25) is 0 Å². The number of rotatable bonds is 5. The van der Waals surface area contributed by atoms with Crippen molar-refractivity contribution in [2.45, 2.75) is 12.3 Å². The number of hydrogen-bond donors (Lipinski definition) is 0. The number of carbonyl (C=O) groups is 1. The molecular formula is C18H18O3. The van der Waals surface area contributed by atoms with E-state index >= 15 is 0 Å². The largest absolute Gasteiger partial charge is 0.497 e. The first kappa shape index (κ1) is 13.7. The monoisotopic (exact) mass is 282 g/mol. The summed E-state index contributed by atoms with van der Waals surface area (Å²) in [7, 11) is 3.27. The number of carbonyl (C=O) groups excluding carboxylic acids is 1. The summed E-state index contributed by atoms with van der Waals surface area (Å²) in [5.41, 5.74) is 1.94. The molecule has 0 aromatic heterocycles. The van der Waals surface area contributed by atoms with Crippen LogP contribution in [0.4, 0.5) is 0 Å². The predicted octanol–water partition coefficient (Wildman–Crippen LogP) is 3.69. The Kier molecular flexibility index (Phi) is 3.65. The lowest BCUT2D eigenvalue weighted by molar-refractivity contribution is 0.0965. The average Bonchev–Trinajstić information content (AvgIpc) is 3.35. The van der Waals surface area contributed by atoms with Crippen LogP contribution in [0, 0.1) is 5.92 Å². The molecule has 1 aliphatic rings. The van der Waals surface area contributed by atoms with Crippen molar-refractivity contribution in [1.29, 1.82) is 0 Å². The minimum absolute atomic E-state index is 0.0884. The number of methoxy groups -OCH3 is 2. The summed E-state index contributed by atoms with van der Waals surface area (Å²) in [6.45, 7) is 0. The second-order valence-electron chi connectivity index (χ2n) is 5.32. The zero-order valence-electron chi connectivity index (χ0n) is 12.2. The van der Waals surface area contributed by atoms with Crippen LogP contribution in [0.15, 0.2) is 48.5 Å². The number of ketones is 1. The lowest BCUT2D eigenvalue weighted by Gasteiger charge is -2.05. The van der Waals surface area contributed by atoms with Crippen molar-refractivity contribution in [3.05, 3.63) is 59.7 Å². The van der Waals surface area contributed by atoms with Crippen molar-refractivity contribution in [2.75, 3.05) is 14.2 Å². The Bertz CT molecular complexity index is 646. The molecule has 1 fully saturated rings. The zero-order valence-corrected chi connectivity index (χ0v) is 12.2. The molecule has 1 saturated carbocycles. The van der Waals surface area contributed by atoms with Gasteiger partial charge in [-0.15, -0.1) is 0 Å². The van der Waals surface area contributed by atoms with Crippen LogP contribution in [0.5, 0.6) is 11.5 Å². The number of benzene rings is 2. The van der Waals surface area contributed by atoms with Gasteiger partial charge < -0.3 is 9.47 Å². The van der Waals surface area contributed by atoms with Gasteiger partial charge >= 0.3 is 0 Å². The van der Waals surface area contributed by atoms with Gasteiger partial charge in [0.25, 0.3) is 0 Å². The minimum Gasteiger partial charge on any atom is -0.497 e. The molecule has 3 rings (SSSR count). The normalized spacial score (nSPS) is 19.9. The highest BCUT2D eigenvalue weighted by atomic mass is 16.5. The van der Waals surface area contributed by atoms with E-state index in [-0.39, 0.29) is 11.7 Å². The van der Waals surface area contributed by atoms with Crippen molar-refractivity contribution >= 4 is 5.78 Å². The van der Waals surface area contributed by atoms with Crippen LogP contribution < -0.4 is 9.47 Å². The summed E-state index contributed by atoms with van der Waals surface area (Å²) in [5.74, 6) is 2.19. The zero-order chi connectivity index (χ0) is 14.8. The van der Waals surface area contributed by atoms with Crippen molar-refractivity contribution in [3.8, 4) is 11.5 Å². The molecule has 21 heavy (non-hydrogen) atoms. The van der Waals surface area contributed by atoms with Crippen molar-refractivity contribution in [1.82, 2.24) is 0 Å². The molecule has 0 aliphatic heterocycles. The first-order chi connectivity index (χ1) is 10.2. The molecule has 1 aliphatic carbocycles. The summed E-state index contributed by atoms with van der Waals surface area (Å²) in [6.07, 6.45) is 0.919. The molecule has 0 saturated heterocycles. The molecule has 3 heteroatoms. The molecule has 108 valence electrons. The quantitative estimate of drug-likeness (QED) is 0.785. The van der Waals surface area contributed by atoms with Crippen LogP contribution in [0.1, 0.15) is 28.3 Å². The number of ether oxygens (including phenoxy) is 2. The van der Waals surface area contributed by atoms with Crippen molar-refractivity contribution in [3.63, 3.8) is 0 Å². The predicted molar refractivity (Wildman–Crippen MR) is 81.2 cm³/mol. The third-order valence-corrected chi connectivity index (χ3v) is 4.03. The molecule has 0 bridgehead atoms. The molecule has 2 unspecified atom stereocenters. The molecule has 0 spiro atoms. The fraction of sp³-hybridized carbons (Fsp3) is 0.278. The first-order valence-electron chi connectivity index (χ1n) is 7.05. The van der Waals surface area contributed by atoms with E-state index in [0.717, 1.165) is 23.5 Å². The van der Waals surface area contributed by atoms with E-state index in [1.807, 2.05) is 48.5 Å². The highest BCUT2D eigenvalue weighted by Gasteiger charge is 2.44. The van der Waals surface area contributed by atoms with Crippen molar-refractivity contribution < 1.29 is 14.3 Å². The van der Waals surface area contributed by atoms with Crippen LogP contribution in [0.25, 0.3) is 0 Å². The Morgan fingerprint density at radius 3 is 2.38 bits per heavy atom. The lowest BCUT2D eigenvalue weighted by atomic mass is 10.0. The SMILES string of the molecule is COc1ccc(C2CC2C(=O)c2cccc(OC)c2)cc1. The average molecular weight is 282 g/mol. The molecule has 0 heterocycles. The van der Waals surface area contributed by atoms with Gasteiger partial charge in [-0.1, -0.05) is 24.3 Å². The molecule has 0 radical (unpaired) electrons. The van der Waals surface area contributed by atoms with Gasteiger partial charge in [0, 0.05) is 11.5 Å². The third kappa shape index (κ3) is 2.77. The minimum atomic E-state index is 0.0884.